The van der Waals surface area contributed by atoms with E-state index in [2.05, 4.69) is 101 Å². The SMILES string of the molecule is CCCC(=O)Oc1ccc(C(C)(C)CC(C)CC(C)(C)C)cc1C(C)(C)CC(C)CC(C)(C)C. The van der Waals surface area contributed by atoms with Crippen LogP contribution in [0.2, 0.25) is 0 Å². The standard InChI is InChI=1S/C32H56O2/c1-14-15-28(33)34-27-17-16-25(31(10,11)21-23(2)19-29(4,5)6)18-26(27)32(12,13)22-24(3)20-30(7,8)9/h16-18,23-24H,14-15,19-22H2,1-13H3. The normalized spacial score (nSPS) is 15.2. The highest BCUT2D eigenvalue weighted by Gasteiger charge is 2.32. The molecule has 34 heavy (non-hydrogen) atoms. The smallest absolute Gasteiger partial charge is 0.311 e. The van der Waals surface area contributed by atoms with Crippen molar-refractivity contribution < 1.29 is 9.53 Å². The molecule has 1 rings (SSSR count). The van der Waals surface area contributed by atoms with E-state index in [9.17, 15) is 4.79 Å². The average Bonchev–Trinajstić information content (AvgIpc) is 2.57. The Bertz CT molecular complexity index is 786. The van der Waals surface area contributed by atoms with Crippen molar-refractivity contribution >= 4 is 5.97 Å². The third kappa shape index (κ3) is 10.5. The molecule has 2 atom stereocenters. The van der Waals surface area contributed by atoms with Gasteiger partial charge in [0.1, 0.15) is 5.75 Å². The van der Waals surface area contributed by atoms with Gasteiger partial charge >= 0.3 is 5.97 Å². The minimum absolute atomic E-state index is 0.0540. The Morgan fingerprint density at radius 1 is 0.765 bits per heavy atom. The van der Waals surface area contributed by atoms with Crippen LogP contribution in [0.1, 0.15) is 140 Å². The molecule has 0 fully saturated rings. The van der Waals surface area contributed by atoms with Crippen molar-refractivity contribution in [2.75, 3.05) is 0 Å². The van der Waals surface area contributed by atoms with Crippen molar-refractivity contribution in [2.24, 2.45) is 22.7 Å². The molecule has 2 unspecified atom stereocenters. The summed E-state index contributed by atoms with van der Waals surface area (Å²) in [6.45, 7) is 30.1. The molecule has 0 aliphatic rings. The highest BCUT2D eigenvalue weighted by molar-refractivity contribution is 5.73. The molecule has 0 saturated heterocycles. The molecule has 0 spiro atoms. The summed E-state index contributed by atoms with van der Waals surface area (Å²) in [7, 11) is 0. The predicted octanol–water partition coefficient (Wildman–Crippen LogP) is 9.87. The van der Waals surface area contributed by atoms with E-state index in [1.807, 2.05) is 6.92 Å². The lowest BCUT2D eigenvalue weighted by molar-refractivity contribution is -0.134. The zero-order chi connectivity index (χ0) is 26.5. The third-order valence-corrected chi connectivity index (χ3v) is 6.81. The van der Waals surface area contributed by atoms with Gasteiger partial charge in [0.05, 0.1) is 0 Å². The van der Waals surface area contributed by atoms with Crippen LogP contribution in [0.4, 0.5) is 0 Å². The third-order valence-electron chi connectivity index (χ3n) is 6.81. The second kappa shape index (κ2) is 11.6. The van der Waals surface area contributed by atoms with Crippen LogP contribution in [0, 0.1) is 22.7 Å². The van der Waals surface area contributed by atoms with E-state index in [4.69, 9.17) is 4.74 Å². The highest BCUT2D eigenvalue weighted by atomic mass is 16.5. The van der Waals surface area contributed by atoms with Crippen molar-refractivity contribution in [1.29, 1.82) is 0 Å². The van der Waals surface area contributed by atoms with Crippen LogP contribution in [-0.2, 0) is 15.6 Å². The Morgan fingerprint density at radius 3 is 1.68 bits per heavy atom. The van der Waals surface area contributed by atoms with Gasteiger partial charge in [0.15, 0.2) is 0 Å². The Labute approximate surface area is 212 Å². The summed E-state index contributed by atoms with van der Waals surface area (Å²) in [6.07, 6.45) is 5.85. The summed E-state index contributed by atoms with van der Waals surface area (Å²) in [5.74, 6) is 1.83. The Morgan fingerprint density at radius 2 is 1.24 bits per heavy atom. The summed E-state index contributed by atoms with van der Waals surface area (Å²) in [4.78, 5) is 12.4. The van der Waals surface area contributed by atoms with E-state index in [0.29, 0.717) is 29.1 Å². The van der Waals surface area contributed by atoms with Gasteiger partial charge in [0.2, 0.25) is 0 Å². The van der Waals surface area contributed by atoms with Crippen molar-refractivity contribution in [3.63, 3.8) is 0 Å². The Kier molecular flexibility index (Phi) is 10.5. The molecule has 2 heteroatoms. The fourth-order valence-electron chi connectivity index (χ4n) is 6.15. The maximum atomic E-state index is 12.4. The first-order valence-electron chi connectivity index (χ1n) is 13.6. The van der Waals surface area contributed by atoms with Crippen LogP contribution in [0.25, 0.3) is 0 Å². The van der Waals surface area contributed by atoms with E-state index >= 15 is 0 Å². The van der Waals surface area contributed by atoms with Gasteiger partial charge in [-0.1, -0.05) is 102 Å². The van der Waals surface area contributed by atoms with E-state index in [1.165, 1.54) is 24.0 Å². The predicted molar refractivity (Wildman–Crippen MR) is 149 cm³/mol. The minimum atomic E-state index is -0.131. The number of rotatable bonds is 11. The lowest BCUT2D eigenvalue weighted by atomic mass is 9.70. The second-order valence-electron chi connectivity index (χ2n) is 14.9. The molecular formula is C32H56O2. The van der Waals surface area contributed by atoms with E-state index in [1.54, 1.807) is 0 Å². The molecule has 0 aliphatic heterocycles. The largest absolute Gasteiger partial charge is 0.426 e. The second-order valence-corrected chi connectivity index (χ2v) is 14.9. The van der Waals surface area contributed by atoms with Gasteiger partial charge in [-0.25, -0.2) is 0 Å². The van der Waals surface area contributed by atoms with E-state index in [0.717, 1.165) is 25.0 Å². The zero-order valence-electron chi connectivity index (χ0n) is 24.9. The number of hydrogen-bond acceptors (Lipinski definition) is 2. The van der Waals surface area contributed by atoms with Gasteiger partial charge in [-0.2, -0.15) is 0 Å². The summed E-state index contributed by atoms with van der Waals surface area (Å²) < 4.78 is 5.93. The van der Waals surface area contributed by atoms with Crippen LogP contribution < -0.4 is 4.74 Å². The summed E-state index contributed by atoms with van der Waals surface area (Å²) in [6, 6.07) is 6.60. The number of ether oxygens (including phenoxy) is 1. The molecule has 0 N–H and O–H groups in total. The Hall–Kier alpha value is -1.31. The monoisotopic (exact) mass is 472 g/mol. The average molecular weight is 473 g/mol. The number of carbonyl (C=O) groups excluding carboxylic acids is 1. The number of esters is 1. The van der Waals surface area contributed by atoms with Gasteiger partial charge in [0, 0.05) is 12.0 Å². The fraction of sp³-hybridized carbons (Fsp3) is 0.781. The molecule has 0 saturated carbocycles. The van der Waals surface area contributed by atoms with Crippen molar-refractivity contribution in [3.8, 4) is 5.75 Å². The van der Waals surface area contributed by atoms with Gasteiger partial charge < -0.3 is 4.74 Å². The minimum Gasteiger partial charge on any atom is -0.426 e. The molecule has 1 aromatic carbocycles. The van der Waals surface area contributed by atoms with Gasteiger partial charge in [-0.05, 0) is 77.2 Å². The van der Waals surface area contributed by atoms with E-state index < -0.39 is 0 Å². The van der Waals surface area contributed by atoms with Crippen molar-refractivity contribution in [2.45, 2.75) is 139 Å². The summed E-state index contributed by atoms with van der Waals surface area (Å²) >= 11 is 0. The van der Waals surface area contributed by atoms with Crippen LogP contribution in [0.5, 0.6) is 5.75 Å². The van der Waals surface area contributed by atoms with Crippen molar-refractivity contribution in [3.05, 3.63) is 29.3 Å². The lowest BCUT2D eigenvalue weighted by Gasteiger charge is -2.35. The molecule has 0 aliphatic carbocycles. The Balaban J connectivity index is 3.36. The molecule has 0 bridgehead atoms. The first-order chi connectivity index (χ1) is 15.3. The quantitative estimate of drug-likeness (QED) is 0.236. The number of benzene rings is 1. The molecule has 2 nitrogen and oxygen atoms in total. The summed E-state index contributed by atoms with van der Waals surface area (Å²) in [5.41, 5.74) is 3.12. The zero-order valence-corrected chi connectivity index (χ0v) is 24.9. The van der Waals surface area contributed by atoms with Gasteiger partial charge in [-0.15, -0.1) is 0 Å². The number of carbonyl (C=O) groups is 1. The van der Waals surface area contributed by atoms with Gasteiger partial charge in [0.25, 0.3) is 0 Å². The first kappa shape index (κ1) is 30.7. The highest BCUT2D eigenvalue weighted by Crippen LogP contribution is 2.43. The summed E-state index contributed by atoms with van der Waals surface area (Å²) in [5, 5.41) is 0. The maximum absolute atomic E-state index is 12.4. The van der Waals surface area contributed by atoms with Crippen LogP contribution >= 0.6 is 0 Å². The topological polar surface area (TPSA) is 26.3 Å². The van der Waals surface area contributed by atoms with Crippen LogP contribution in [0.3, 0.4) is 0 Å². The number of hydrogen-bond donors (Lipinski definition) is 0. The lowest BCUT2D eigenvalue weighted by Crippen LogP contribution is -2.27. The van der Waals surface area contributed by atoms with Crippen LogP contribution in [-0.4, -0.2) is 5.97 Å². The van der Waals surface area contributed by atoms with E-state index in [-0.39, 0.29) is 16.8 Å². The van der Waals surface area contributed by atoms with Crippen molar-refractivity contribution in [1.82, 2.24) is 0 Å². The molecule has 0 radical (unpaired) electrons. The molecule has 0 heterocycles. The maximum Gasteiger partial charge on any atom is 0.311 e. The first-order valence-corrected chi connectivity index (χ1v) is 13.6. The van der Waals surface area contributed by atoms with Gasteiger partial charge in [-0.3, -0.25) is 4.79 Å². The van der Waals surface area contributed by atoms with Crippen LogP contribution in [0.15, 0.2) is 18.2 Å². The molecule has 0 amide bonds. The molecule has 196 valence electrons. The molecular weight excluding hydrogens is 416 g/mol. The molecule has 0 aromatic heterocycles. The molecule has 1 aromatic rings. The fourth-order valence-corrected chi connectivity index (χ4v) is 6.15.